The summed E-state index contributed by atoms with van der Waals surface area (Å²) in [4.78, 5) is 17.4. The van der Waals surface area contributed by atoms with Crippen LogP contribution in [0, 0.1) is 0 Å². The molecule has 0 unspecified atom stereocenters. The van der Waals surface area contributed by atoms with E-state index in [1.807, 2.05) is 0 Å². The summed E-state index contributed by atoms with van der Waals surface area (Å²) in [6.45, 7) is 1.64. The molecule has 1 rings (SSSR count). The predicted octanol–water partition coefficient (Wildman–Crippen LogP) is 1.03. The van der Waals surface area contributed by atoms with Gasteiger partial charge in [0, 0.05) is 40.0 Å². The lowest BCUT2D eigenvalue weighted by Gasteiger charge is -2.11. The smallest absolute Gasteiger partial charge is 0.223 e. The van der Waals surface area contributed by atoms with E-state index in [4.69, 9.17) is 0 Å². The van der Waals surface area contributed by atoms with Crippen LogP contribution in [0.1, 0.15) is 32.1 Å². The molecule has 0 atom stereocenters. The lowest BCUT2D eigenvalue weighted by molar-refractivity contribution is -0.128. The molecule has 0 saturated heterocycles. The molecule has 86 valence electrons. The second kappa shape index (κ2) is 6.43. The first-order chi connectivity index (χ1) is 7.20. The third-order valence-electron chi connectivity index (χ3n) is 2.54. The van der Waals surface area contributed by atoms with Gasteiger partial charge in [-0.2, -0.15) is 0 Å². The molecule has 4 nitrogen and oxygen atoms in total. The maximum absolute atomic E-state index is 11.3. The molecule has 15 heavy (non-hydrogen) atoms. The molecule has 0 aromatic heterocycles. The van der Waals surface area contributed by atoms with Gasteiger partial charge in [-0.1, -0.05) is 6.42 Å². The van der Waals surface area contributed by atoms with Crippen LogP contribution in [-0.4, -0.2) is 43.8 Å². The van der Waals surface area contributed by atoms with Gasteiger partial charge in [-0.05, 0) is 12.8 Å². The monoisotopic (exact) mass is 211 g/mol. The Morgan fingerprint density at radius 3 is 2.93 bits per heavy atom. The number of carbonyl (C=O) groups excluding carboxylic acids is 1. The van der Waals surface area contributed by atoms with Gasteiger partial charge in [-0.15, -0.1) is 0 Å². The van der Waals surface area contributed by atoms with Gasteiger partial charge < -0.3 is 10.2 Å². The Bertz CT molecular complexity index is 236. The molecule has 0 aromatic carbocycles. The molecular formula is C11H21N3O. The van der Waals surface area contributed by atoms with Crippen molar-refractivity contribution in [3.05, 3.63) is 0 Å². The molecule has 0 spiro atoms. The van der Waals surface area contributed by atoms with Crippen molar-refractivity contribution in [2.75, 3.05) is 27.2 Å². The standard InChI is InChI=1S/C11H21N3O/c1-14(2)11(15)7-9-13-10-6-4-3-5-8-12-10/h3-9H2,1-2H3,(H,12,13). The summed E-state index contributed by atoms with van der Waals surface area (Å²) in [7, 11) is 3.57. The largest absolute Gasteiger partial charge is 0.373 e. The van der Waals surface area contributed by atoms with Crippen molar-refractivity contribution in [1.29, 1.82) is 0 Å². The number of carbonyl (C=O) groups is 1. The van der Waals surface area contributed by atoms with Crippen molar-refractivity contribution < 1.29 is 4.79 Å². The first-order valence-corrected chi connectivity index (χ1v) is 5.67. The second-order valence-electron chi connectivity index (χ2n) is 4.10. The lowest BCUT2D eigenvalue weighted by atomic mass is 10.2. The van der Waals surface area contributed by atoms with E-state index in [1.54, 1.807) is 19.0 Å². The molecule has 1 aliphatic heterocycles. The van der Waals surface area contributed by atoms with Gasteiger partial charge in [0.05, 0.1) is 5.84 Å². The molecule has 1 aliphatic rings. The molecule has 4 heteroatoms. The van der Waals surface area contributed by atoms with Gasteiger partial charge in [0.1, 0.15) is 0 Å². The second-order valence-corrected chi connectivity index (χ2v) is 4.10. The average molecular weight is 211 g/mol. The Hall–Kier alpha value is -1.06. The summed E-state index contributed by atoms with van der Waals surface area (Å²) in [6.07, 6.45) is 5.27. The molecule has 0 aliphatic carbocycles. The fourth-order valence-corrected chi connectivity index (χ4v) is 1.56. The summed E-state index contributed by atoms with van der Waals surface area (Å²) < 4.78 is 0. The zero-order valence-corrected chi connectivity index (χ0v) is 9.75. The topological polar surface area (TPSA) is 44.7 Å². The van der Waals surface area contributed by atoms with Gasteiger partial charge >= 0.3 is 0 Å². The minimum absolute atomic E-state index is 0.164. The maximum Gasteiger partial charge on any atom is 0.223 e. The molecule has 1 heterocycles. The summed E-state index contributed by atoms with van der Waals surface area (Å²) in [6, 6.07) is 0. The van der Waals surface area contributed by atoms with Crippen LogP contribution in [0.25, 0.3) is 0 Å². The molecule has 0 radical (unpaired) electrons. The molecule has 0 aromatic rings. The van der Waals surface area contributed by atoms with E-state index < -0.39 is 0 Å². The Kier molecular flexibility index (Phi) is 5.15. The van der Waals surface area contributed by atoms with E-state index in [0.717, 1.165) is 18.8 Å². The number of hydrogen-bond donors (Lipinski definition) is 1. The van der Waals surface area contributed by atoms with E-state index in [9.17, 15) is 4.79 Å². The van der Waals surface area contributed by atoms with Crippen LogP contribution >= 0.6 is 0 Å². The summed E-state index contributed by atoms with van der Waals surface area (Å²) >= 11 is 0. The van der Waals surface area contributed by atoms with Gasteiger partial charge in [-0.3, -0.25) is 9.79 Å². The van der Waals surface area contributed by atoms with Crippen LogP contribution in [0.3, 0.4) is 0 Å². The van der Waals surface area contributed by atoms with Crippen molar-refractivity contribution in [2.24, 2.45) is 4.99 Å². The zero-order chi connectivity index (χ0) is 11.1. The van der Waals surface area contributed by atoms with E-state index >= 15 is 0 Å². The molecule has 1 amide bonds. The Labute approximate surface area is 91.7 Å². The molecule has 0 bridgehead atoms. The average Bonchev–Trinajstić information content (AvgIpc) is 2.46. The summed E-state index contributed by atoms with van der Waals surface area (Å²) in [5.41, 5.74) is 0. The van der Waals surface area contributed by atoms with E-state index in [-0.39, 0.29) is 5.91 Å². The third-order valence-corrected chi connectivity index (χ3v) is 2.54. The Morgan fingerprint density at radius 1 is 1.40 bits per heavy atom. The van der Waals surface area contributed by atoms with Crippen LogP contribution in [0.15, 0.2) is 4.99 Å². The van der Waals surface area contributed by atoms with Gasteiger partial charge in [0.25, 0.3) is 0 Å². The number of nitrogens with one attached hydrogen (secondary N) is 1. The number of hydrogen-bond acceptors (Lipinski definition) is 3. The van der Waals surface area contributed by atoms with Gasteiger partial charge in [0.2, 0.25) is 5.91 Å². The maximum atomic E-state index is 11.3. The van der Waals surface area contributed by atoms with E-state index in [0.29, 0.717) is 13.0 Å². The summed E-state index contributed by atoms with van der Waals surface area (Å²) in [5, 5.41) is 3.25. The number of rotatable bonds is 3. The number of aliphatic imine (C=N–C) groups is 1. The molecular weight excluding hydrogens is 190 g/mol. The first kappa shape index (κ1) is 12.0. The van der Waals surface area contributed by atoms with Crippen LogP contribution < -0.4 is 5.32 Å². The normalized spacial score (nSPS) is 16.5. The lowest BCUT2D eigenvalue weighted by Crippen LogP contribution is -2.30. The minimum atomic E-state index is 0.164. The van der Waals surface area contributed by atoms with Crippen LogP contribution in [0.2, 0.25) is 0 Å². The minimum Gasteiger partial charge on any atom is -0.373 e. The number of amidine groups is 1. The van der Waals surface area contributed by atoms with Crippen LogP contribution in [-0.2, 0) is 4.79 Å². The fraction of sp³-hybridized carbons (Fsp3) is 0.818. The zero-order valence-electron chi connectivity index (χ0n) is 9.75. The highest BCUT2D eigenvalue weighted by molar-refractivity contribution is 5.83. The summed E-state index contributed by atoms with van der Waals surface area (Å²) in [5.74, 6) is 1.25. The van der Waals surface area contributed by atoms with E-state index in [2.05, 4.69) is 10.3 Å². The van der Waals surface area contributed by atoms with Crippen molar-refractivity contribution >= 4 is 11.7 Å². The van der Waals surface area contributed by atoms with Crippen molar-refractivity contribution in [3.8, 4) is 0 Å². The highest BCUT2D eigenvalue weighted by Gasteiger charge is 2.06. The molecule has 0 fully saturated rings. The Morgan fingerprint density at radius 2 is 2.20 bits per heavy atom. The number of amides is 1. The van der Waals surface area contributed by atoms with Gasteiger partial charge in [0.15, 0.2) is 0 Å². The van der Waals surface area contributed by atoms with E-state index in [1.165, 1.54) is 19.3 Å². The highest BCUT2D eigenvalue weighted by atomic mass is 16.2. The quantitative estimate of drug-likeness (QED) is 0.757. The van der Waals surface area contributed by atoms with Crippen molar-refractivity contribution in [3.63, 3.8) is 0 Å². The third kappa shape index (κ3) is 4.81. The first-order valence-electron chi connectivity index (χ1n) is 5.67. The van der Waals surface area contributed by atoms with Crippen LogP contribution in [0.4, 0.5) is 0 Å². The Balaban J connectivity index is 2.18. The molecule has 0 saturated carbocycles. The fourth-order valence-electron chi connectivity index (χ4n) is 1.56. The van der Waals surface area contributed by atoms with Gasteiger partial charge in [-0.25, -0.2) is 0 Å². The van der Waals surface area contributed by atoms with Crippen molar-refractivity contribution in [2.45, 2.75) is 32.1 Å². The number of nitrogens with zero attached hydrogens (tertiary/aromatic N) is 2. The molecule has 1 N–H and O–H groups in total. The SMILES string of the molecule is CN(C)C(=O)CCNC1=NCCCCC1. The predicted molar refractivity (Wildman–Crippen MR) is 62.1 cm³/mol. The van der Waals surface area contributed by atoms with Crippen LogP contribution in [0.5, 0.6) is 0 Å². The highest BCUT2D eigenvalue weighted by Crippen LogP contribution is 2.05. The van der Waals surface area contributed by atoms with Crippen molar-refractivity contribution in [1.82, 2.24) is 10.2 Å².